The molecule has 0 atom stereocenters. The summed E-state index contributed by atoms with van der Waals surface area (Å²) in [6.07, 6.45) is 2.57. The van der Waals surface area contributed by atoms with E-state index in [0.717, 1.165) is 23.5 Å². The molecule has 0 aliphatic carbocycles. The van der Waals surface area contributed by atoms with Crippen molar-refractivity contribution in [1.82, 2.24) is 4.90 Å². The molecule has 0 amide bonds. The maximum atomic E-state index is 10.8. The number of carbonyl (C=O) groups is 1. The summed E-state index contributed by atoms with van der Waals surface area (Å²) >= 11 is 0. The zero-order chi connectivity index (χ0) is 14.4. The first-order valence-electron chi connectivity index (χ1n) is 6.62. The first-order chi connectivity index (χ1) is 9.69. The van der Waals surface area contributed by atoms with Gasteiger partial charge in [0.15, 0.2) is 11.5 Å². The minimum Gasteiger partial charge on any atom is -0.490 e. The summed E-state index contributed by atoms with van der Waals surface area (Å²) in [5.41, 5.74) is 0.998. The molecule has 1 aliphatic rings. The van der Waals surface area contributed by atoms with Gasteiger partial charge in [-0.3, -0.25) is 9.69 Å². The van der Waals surface area contributed by atoms with Crippen LogP contribution >= 0.6 is 0 Å². The van der Waals surface area contributed by atoms with E-state index in [9.17, 15) is 4.79 Å². The second-order valence-corrected chi connectivity index (χ2v) is 4.68. The van der Waals surface area contributed by atoms with Gasteiger partial charge in [0.1, 0.15) is 0 Å². The standard InChI is InChI=1S/C15H19NO4/c1-2-6-16(11-15(17)18)10-12-4-5-13-14(9-12)20-8-3-7-19-13/h2,4-5,9H,1,3,6-8,10-11H2,(H,17,18). The molecule has 1 heterocycles. The van der Waals surface area contributed by atoms with E-state index in [0.29, 0.717) is 26.3 Å². The second kappa shape index (κ2) is 6.96. The van der Waals surface area contributed by atoms with E-state index >= 15 is 0 Å². The molecule has 5 heteroatoms. The minimum atomic E-state index is -0.846. The van der Waals surface area contributed by atoms with E-state index in [-0.39, 0.29) is 6.54 Å². The minimum absolute atomic E-state index is 0.0134. The Kier molecular flexibility index (Phi) is 5.01. The molecule has 0 saturated heterocycles. The third kappa shape index (κ3) is 3.99. The van der Waals surface area contributed by atoms with Crippen LogP contribution in [0.1, 0.15) is 12.0 Å². The molecule has 1 aromatic rings. The summed E-state index contributed by atoms with van der Waals surface area (Å²) in [5, 5.41) is 8.90. The number of aliphatic carboxylic acids is 1. The monoisotopic (exact) mass is 277 g/mol. The van der Waals surface area contributed by atoms with Gasteiger partial charge in [-0.2, -0.15) is 0 Å². The summed E-state index contributed by atoms with van der Waals surface area (Å²) in [5.74, 6) is 0.634. The van der Waals surface area contributed by atoms with Gasteiger partial charge in [-0.25, -0.2) is 0 Å². The van der Waals surface area contributed by atoms with Crippen LogP contribution in [0.15, 0.2) is 30.9 Å². The lowest BCUT2D eigenvalue weighted by atomic mass is 10.2. The number of hydrogen-bond donors (Lipinski definition) is 1. The molecule has 1 N–H and O–H groups in total. The molecule has 0 radical (unpaired) electrons. The molecule has 108 valence electrons. The highest BCUT2D eigenvalue weighted by atomic mass is 16.5. The Bertz CT molecular complexity index is 487. The molecule has 1 aliphatic heterocycles. The molecule has 1 aromatic carbocycles. The Labute approximate surface area is 118 Å². The van der Waals surface area contributed by atoms with Crippen LogP contribution in [-0.2, 0) is 11.3 Å². The Morgan fingerprint density at radius 1 is 1.35 bits per heavy atom. The Hall–Kier alpha value is -2.01. The zero-order valence-electron chi connectivity index (χ0n) is 11.4. The fraction of sp³-hybridized carbons (Fsp3) is 0.400. The largest absolute Gasteiger partial charge is 0.490 e. The fourth-order valence-electron chi connectivity index (χ4n) is 2.12. The summed E-state index contributed by atoms with van der Waals surface area (Å²) in [7, 11) is 0. The second-order valence-electron chi connectivity index (χ2n) is 4.68. The lowest BCUT2D eigenvalue weighted by molar-refractivity contribution is -0.138. The summed E-state index contributed by atoms with van der Waals surface area (Å²) < 4.78 is 11.2. The predicted molar refractivity (Wildman–Crippen MR) is 75.2 cm³/mol. The molecule has 0 spiro atoms. The van der Waals surface area contributed by atoms with E-state index < -0.39 is 5.97 Å². The first kappa shape index (κ1) is 14.4. The molecule has 5 nitrogen and oxygen atoms in total. The maximum absolute atomic E-state index is 10.8. The molecule has 0 bridgehead atoms. The lowest BCUT2D eigenvalue weighted by Crippen LogP contribution is -2.29. The maximum Gasteiger partial charge on any atom is 0.317 e. The van der Waals surface area contributed by atoms with Crippen molar-refractivity contribution in [3.63, 3.8) is 0 Å². The molecular formula is C15H19NO4. The number of benzene rings is 1. The van der Waals surface area contributed by atoms with E-state index in [2.05, 4.69) is 6.58 Å². The quantitative estimate of drug-likeness (QED) is 0.805. The topological polar surface area (TPSA) is 59.0 Å². The van der Waals surface area contributed by atoms with Crippen LogP contribution in [0.25, 0.3) is 0 Å². The normalized spacial score (nSPS) is 13.8. The molecular weight excluding hydrogens is 258 g/mol. The van der Waals surface area contributed by atoms with Gasteiger partial charge < -0.3 is 14.6 Å². The van der Waals surface area contributed by atoms with E-state index in [1.54, 1.807) is 11.0 Å². The number of ether oxygens (including phenoxy) is 2. The van der Waals surface area contributed by atoms with Gasteiger partial charge in [0.2, 0.25) is 0 Å². The van der Waals surface area contributed by atoms with Crippen LogP contribution in [0.3, 0.4) is 0 Å². The number of rotatable bonds is 6. The van der Waals surface area contributed by atoms with Crippen LogP contribution in [0.2, 0.25) is 0 Å². The summed E-state index contributed by atoms with van der Waals surface area (Å²) in [4.78, 5) is 12.6. The van der Waals surface area contributed by atoms with E-state index in [1.165, 1.54) is 0 Å². The average Bonchev–Trinajstić information content (AvgIpc) is 2.63. The number of carboxylic acids is 1. The molecule has 0 unspecified atom stereocenters. The van der Waals surface area contributed by atoms with Crippen molar-refractivity contribution in [2.75, 3.05) is 26.3 Å². The van der Waals surface area contributed by atoms with E-state index in [4.69, 9.17) is 14.6 Å². The van der Waals surface area contributed by atoms with Gasteiger partial charge in [0.05, 0.1) is 19.8 Å². The lowest BCUT2D eigenvalue weighted by Gasteiger charge is -2.19. The smallest absolute Gasteiger partial charge is 0.317 e. The van der Waals surface area contributed by atoms with Crippen LogP contribution < -0.4 is 9.47 Å². The predicted octanol–water partition coefficient (Wildman–Crippen LogP) is 1.92. The Morgan fingerprint density at radius 2 is 2.10 bits per heavy atom. The van der Waals surface area contributed by atoms with Crippen molar-refractivity contribution < 1.29 is 19.4 Å². The van der Waals surface area contributed by atoms with Crippen molar-refractivity contribution in [2.45, 2.75) is 13.0 Å². The zero-order valence-corrected chi connectivity index (χ0v) is 11.4. The molecule has 0 saturated carbocycles. The van der Waals surface area contributed by atoms with E-state index in [1.807, 2.05) is 18.2 Å². The number of hydrogen-bond acceptors (Lipinski definition) is 4. The highest BCUT2D eigenvalue weighted by Gasteiger charge is 2.13. The fourth-order valence-corrected chi connectivity index (χ4v) is 2.12. The first-order valence-corrected chi connectivity index (χ1v) is 6.62. The number of carboxylic acid groups (broad SMARTS) is 1. The summed E-state index contributed by atoms with van der Waals surface area (Å²) in [6.45, 7) is 6.01. The van der Waals surface area contributed by atoms with Gasteiger partial charge in [0, 0.05) is 19.5 Å². The van der Waals surface area contributed by atoms with Crippen molar-refractivity contribution in [2.24, 2.45) is 0 Å². The van der Waals surface area contributed by atoms with Gasteiger partial charge in [-0.15, -0.1) is 6.58 Å². The SMILES string of the molecule is C=CCN(CC(=O)O)Cc1ccc2c(c1)OCCCO2. The van der Waals surface area contributed by atoms with Crippen molar-refractivity contribution in [3.05, 3.63) is 36.4 Å². The molecule has 0 aromatic heterocycles. The van der Waals surface area contributed by atoms with Crippen molar-refractivity contribution in [1.29, 1.82) is 0 Å². The van der Waals surface area contributed by atoms with Crippen LogP contribution in [-0.4, -0.2) is 42.3 Å². The van der Waals surface area contributed by atoms with Crippen LogP contribution in [0.4, 0.5) is 0 Å². The van der Waals surface area contributed by atoms with Gasteiger partial charge in [0.25, 0.3) is 0 Å². The highest BCUT2D eigenvalue weighted by Crippen LogP contribution is 2.30. The Balaban J connectivity index is 2.09. The van der Waals surface area contributed by atoms with Gasteiger partial charge >= 0.3 is 5.97 Å². The number of fused-ring (bicyclic) bond motifs is 1. The Morgan fingerprint density at radius 3 is 2.80 bits per heavy atom. The van der Waals surface area contributed by atoms with Gasteiger partial charge in [-0.05, 0) is 17.7 Å². The van der Waals surface area contributed by atoms with Crippen LogP contribution in [0, 0.1) is 0 Å². The van der Waals surface area contributed by atoms with Crippen molar-refractivity contribution in [3.8, 4) is 11.5 Å². The molecule has 0 fully saturated rings. The highest BCUT2D eigenvalue weighted by molar-refractivity contribution is 5.69. The molecule has 20 heavy (non-hydrogen) atoms. The molecule has 2 rings (SSSR count). The van der Waals surface area contributed by atoms with Gasteiger partial charge in [-0.1, -0.05) is 12.1 Å². The van der Waals surface area contributed by atoms with Crippen molar-refractivity contribution >= 4 is 5.97 Å². The average molecular weight is 277 g/mol. The third-order valence-electron chi connectivity index (χ3n) is 2.96. The number of nitrogens with zero attached hydrogens (tertiary/aromatic N) is 1. The van der Waals surface area contributed by atoms with Crippen LogP contribution in [0.5, 0.6) is 11.5 Å². The third-order valence-corrected chi connectivity index (χ3v) is 2.96. The summed E-state index contributed by atoms with van der Waals surface area (Å²) in [6, 6.07) is 5.73.